The highest BCUT2D eigenvalue weighted by Crippen LogP contribution is 2.31. The van der Waals surface area contributed by atoms with Gasteiger partial charge >= 0.3 is 0 Å². The Morgan fingerprint density at radius 3 is 2.27 bits per heavy atom. The van der Waals surface area contributed by atoms with Gasteiger partial charge in [0.05, 0.1) is 19.9 Å². The minimum Gasteiger partial charge on any atom is -0.497 e. The highest BCUT2D eigenvalue weighted by atomic mass is 19.2. The molecule has 0 fully saturated rings. The van der Waals surface area contributed by atoms with Crippen molar-refractivity contribution in [3.63, 3.8) is 0 Å². The van der Waals surface area contributed by atoms with Crippen LogP contribution in [0, 0.1) is 11.6 Å². The number of ether oxygens (including phenoxy) is 2. The van der Waals surface area contributed by atoms with Gasteiger partial charge in [0.1, 0.15) is 29.5 Å². The van der Waals surface area contributed by atoms with E-state index in [-0.39, 0.29) is 0 Å². The van der Waals surface area contributed by atoms with Crippen LogP contribution in [0.3, 0.4) is 0 Å². The molecular formula is C18H16F2N4O2. The van der Waals surface area contributed by atoms with Gasteiger partial charge in [-0.2, -0.15) is 0 Å². The first kappa shape index (κ1) is 17.4. The number of anilines is 4. The van der Waals surface area contributed by atoms with Crippen molar-refractivity contribution in [2.24, 2.45) is 0 Å². The summed E-state index contributed by atoms with van der Waals surface area (Å²) >= 11 is 0. The fourth-order valence-corrected chi connectivity index (χ4v) is 2.27. The zero-order chi connectivity index (χ0) is 18.5. The van der Waals surface area contributed by atoms with Crippen molar-refractivity contribution in [1.29, 1.82) is 0 Å². The average Bonchev–Trinajstić information content (AvgIpc) is 2.65. The predicted octanol–water partition coefficient (Wildman–Crippen LogP) is 4.26. The van der Waals surface area contributed by atoms with E-state index in [4.69, 9.17) is 9.47 Å². The lowest BCUT2D eigenvalue weighted by atomic mass is 10.2. The zero-order valence-corrected chi connectivity index (χ0v) is 14.1. The van der Waals surface area contributed by atoms with Gasteiger partial charge in [0.25, 0.3) is 0 Å². The summed E-state index contributed by atoms with van der Waals surface area (Å²) in [5.41, 5.74) is 1.02. The molecule has 6 nitrogen and oxygen atoms in total. The van der Waals surface area contributed by atoms with Crippen molar-refractivity contribution in [3.8, 4) is 11.5 Å². The SMILES string of the molecule is COc1ccc(OC)c(Nc2cc(Nc3ccc(F)c(F)c3)ncn2)c1. The van der Waals surface area contributed by atoms with Crippen LogP contribution in [0.1, 0.15) is 0 Å². The lowest BCUT2D eigenvalue weighted by Gasteiger charge is -2.13. The van der Waals surface area contributed by atoms with Crippen LogP contribution in [0.4, 0.5) is 31.8 Å². The quantitative estimate of drug-likeness (QED) is 0.686. The minimum atomic E-state index is -0.941. The molecule has 0 saturated carbocycles. The number of benzene rings is 2. The van der Waals surface area contributed by atoms with Crippen molar-refractivity contribution < 1.29 is 18.3 Å². The van der Waals surface area contributed by atoms with Crippen LogP contribution in [0.25, 0.3) is 0 Å². The third-order valence-corrected chi connectivity index (χ3v) is 3.53. The van der Waals surface area contributed by atoms with Gasteiger partial charge in [-0.25, -0.2) is 18.7 Å². The van der Waals surface area contributed by atoms with E-state index >= 15 is 0 Å². The van der Waals surface area contributed by atoms with Crippen molar-refractivity contribution in [3.05, 3.63) is 60.4 Å². The molecule has 2 N–H and O–H groups in total. The summed E-state index contributed by atoms with van der Waals surface area (Å²) in [5, 5.41) is 6.01. The van der Waals surface area contributed by atoms with E-state index in [0.29, 0.717) is 34.5 Å². The van der Waals surface area contributed by atoms with E-state index in [1.54, 1.807) is 38.5 Å². The van der Waals surface area contributed by atoms with Gasteiger partial charge in [-0.15, -0.1) is 0 Å². The zero-order valence-electron chi connectivity index (χ0n) is 14.1. The Morgan fingerprint density at radius 2 is 1.58 bits per heavy atom. The van der Waals surface area contributed by atoms with Crippen LogP contribution < -0.4 is 20.1 Å². The van der Waals surface area contributed by atoms with Crippen LogP contribution in [0.2, 0.25) is 0 Å². The van der Waals surface area contributed by atoms with Crippen molar-refractivity contribution >= 4 is 23.0 Å². The molecule has 0 saturated heterocycles. The van der Waals surface area contributed by atoms with Gasteiger partial charge in [0.2, 0.25) is 0 Å². The maximum Gasteiger partial charge on any atom is 0.160 e. The lowest BCUT2D eigenvalue weighted by Crippen LogP contribution is -2.00. The molecule has 8 heteroatoms. The molecule has 0 unspecified atom stereocenters. The standard InChI is InChI=1S/C18H16F2N4O2/c1-25-12-4-6-16(26-2)15(8-12)24-18-9-17(21-10-22-18)23-11-3-5-13(19)14(20)7-11/h3-10H,1-2H3,(H2,21,22,23,24). The summed E-state index contributed by atoms with van der Waals surface area (Å²) in [7, 11) is 3.13. The van der Waals surface area contributed by atoms with E-state index in [1.807, 2.05) is 0 Å². The third-order valence-electron chi connectivity index (χ3n) is 3.53. The predicted molar refractivity (Wildman–Crippen MR) is 94.5 cm³/mol. The summed E-state index contributed by atoms with van der Waals surface area (Å²) in [6.07, 6.45) is 1.34. The Bertz CT molecular complexity index is 921. The highest BCUT2D eigenvalue weighted by Gasteiger charge is 2.08. The second-order valence-electron chi connectivity index (χ2n) is 5.23. The van der Waals surface area contributed by atoms with E-state index in [0.717, 1.165) is 12.1 Å². The smallest absolute Gasteiger partial charge is 0.160 e. The Balaban J connectivity index is 1.82. The molecule has 2 aromatic carbocycles. The molecule has 0 atom stereocenters. The molecule has 1 aromatic heterocycles. The Hall–Kier alpha value is -3.42. The maximum absolute atomic E-state index is 13.3. The van der Waals surface area contributed by atoms with Gasteiger partial charge in [0, 0.05) is 23.9 Å². The maximum atomic E-state index is 13.3. The summed E-state index contributed by atoms with van der Waals surface area (Å²) in [6, 6.07) is 10.4. The molecule has 1 heterocycles. The molecule has 26 heavy (non-hydrogen) atoms. The van der Waals surface area contributed by atoms with E-state index < -0.39 is 11.6 Å². The fourth-order valence-electron chi connectivity index (χ4n) is 2.27. The molecule has 0 spiro atoms. The largest absolute Gasteiger partial charge is 0.497 e. The summed E-state index contributed by atoms with van der Waals surface area (Å²) in [6.45, 7) is 0. The van der Waals surface area contributed by atoms with Crippen LogP contribution in [-0.4, -0.2) is 24.2 Å². The van der Waals surface area contributed by atoms with Crippen LogP contribution >= 0.6 is 0 Å². The summed E-state index contributed by atoms with van der Waals surface area (Å²) < 4.78 is 36.9. The second kappa shape index (κ2) is 7.64. The molecule has 0 radical (unpaired) electrons. The first-order chi connectivity index (χ1) is 12.6. The first-order valence-corrected chi connectivity index (χ1v) is 7.62. The number of aromatic nitrogens is 2. The van der Waals surface area contributed by atoms with Gasteiger partial charge in [-0.05, 0) is 24.3 Å². The summed E-state index contributed by atoms with van der Waals surface area (Å²) in [4.78, 5) is 8.22. The van der Waals surface area contributed by atoms with E-state index in [9.17, 15) is 8.78 Å². The van der Waals surface area contributed by atoms with Gasteiger partial charge < -0.3 is 20.1 Å². The topological polar surface area (TPSA) is 68.3 Å². The Labute approximate surface area is 148 Å². The number of nitrogens with zero attached hydrogens (tertiary/aromatic N) is 2. The fraction of sp³-hybridized carbons (Fsp3) is 0.111. The monoisotopic (exact) mass is 358 g/mol. The molecule has 3 rings (SSSR count). The Kier molecular flexibility index (Phi) is 5.12. The van der Waals surface area contributed by atoms with Crippen molar-refractivity contribution in [1.82, 2.24) is 9.97 Å². The Morgan fingerprint density at radius 1 is 0.808 bits per heavy atom. The van der Waals surface area contributed by atoms with Crippen LogP contribution in [0.15, 0.2) is 48.8 Å². The number of hydrogen-bond donors (Lipinski definition) is 2. The molecule has 0 aliphatic carbocycles. The molecule has 0 aliphatic rings. The van der Waals surface area contributed by atoms with Gasteiger partial charge in [0.15, 0.2) is 11.6 Å². The second-order valence-corrected chi connectivity index (χ2v) is 5.23. The van der Waals surface area contributed by atoms with Crippen molar-refractivity contribution in [2.75, 3.05) is 24.9 Å². The molecule has 134 valence electrons. The highest BCUT2D eigenvalue weighted by molar-refractivity contribution is 5.68. The first-order valence-electron chi connectivity index (χ1n) is 7.62. The van der Waals surface area contributed by atoms with Crippen molar-refractivity contribution in [2.45, 2.75) is 0 Å². The molecular weight excluding hydrogens is 342 g/mol. The average molecular weight is 358 g/mol. The number of hydrogen-bond acceptors (Lipinski definition) is 6. The lowest BCUT2D eigenvalue weighted by molar-refractivity contribution is 0.405. The molecule has 0 aliphatic heterocycles. The molecule has 0 bridgehead atoms. The minimum absolute atomic E-state index is 0.368. The van der Waals surface area contributed by atoms with Crippen LogP contribution in [-0.2, 0) is 0 Å². The molecule has 3 aromatic rings. The van der Waals surface area contributed by atoms with Gasteiger partial charge in [-0.1, -0.05) is 0 Å². The third kappa shape index (κ3) is 3.97. The van der Waals surface area contributed by atoms with Gasteiger partial charge in [-0.3, -0.25) is 0 Å². The normalized spacial score (nSPS) is 10.3. The number of rotatable bonds is 6. The molecule has 0 amide bonds. The number of halogens is 2. The summed E-state index contributed by atoms with van der Waals surface area (Å²) in [5.74, 6) is 0.309. The van der Waals surface area contributed by atoms with E-state index in [1.165, 1.54) is 12.4 Å². The van der Waals surface area contributed by atoms with E-state index in [2.05, 4.69) is 20.6 Å². The number of nitrogens with one attached hydrogen (secondary N) is 2. The number of methoxy groups -OCH3 is 2. The van der Waals surface area contributed by atoms with Crippen LogP contribution in [0.5, 0.6) is 11.5 Å².